The van der Waals surface area contributed by atoms with E-state index in [9.17, 15) is 4.79 Å². The Bertz CT molecular complexity index is 852. The molecular weight excluding hydrogens is 294 g/mol. The minimum absolute atomic E-state index is 0.0276. The molecular formula is C17H13N3OS. The number of anilines is 1. The molecule has 0 bridgehead atoms. The van der Waals surface area contributed by atoms with E-state index in [0.717, 1.165) is 26.5 Å². The molecule has 5 heteroatoms. The number of fused-ring (bicyclic) bond motifs is 1. The minimum atomic E-state index is -0.112. The molecule has 1 fully saturated rings. The molecule has 1 aliphatic heterocycles. The minimum Gasteiger partial charge on any atom is -0.293 e. The number of carbonyl (C=O) groups excluding carboxylic acids is 1. The maximum absolute atomic E-state index is 12.4. The average molecular weight is 307 g/mol. The second-order valence-corrected chi connectivity index (χ2v) is 6.11. The molecule has 108 valence electrons. The van der Waals surface area contributed by atoms with Crippen molar-refractivity contribution in [2.75, 3.05) is 4.90 Å². The molecule has 2 aromatic heterocycles. The zero-order valence-electron chi connectivity index (χ0n) is 11.9. The van der Waals surface area contributed by atoms with E-state index in [-0.39, 0.29) is 11.9 Å². The number of benzene rings is 1. The lowest BCUT2D eigenvalue weighted by Crippen LogP contribution is -2.49. The van der Waals surface area contributed by atoms with Crippen molar-refractivity contribution in [3.8, 4) is 0 Å². The topological polar surface area (TPSA) is 46.1 Å². The van der Waals surface area contributed by atoms with Crippen molar-refractivity contribution in [2.45, 2.75) is 13.0 Å². The third-order valence-electron chi connectivity index (χ3n) is 3.80. The highest BCUT2D eigenvalue weighted by Crippen LogP contribution is 2.44. The van der Waals surface area contributed by atoms with Crippen LogP contribution < -0.4 is 4.90 Å². The van der Waals surface area contributed by atoms with E-state index < -0.39 is 0 Å². The average Bonchev–Trinajstić information content (AvgIpc) is 2.97. The van der Waals surface area contributed by atoms with Crippen LogP contribution in [0, 0.1) is 0 Å². The van der Waals surface area contributed by atoms with E-state index in [1.165, 1.54) is 0 Å². The summed E-state index contributed by atoms with van der Waals surface area (Å²) in [6.45, 7) is 1.90. The molecule has 1 aromatic carbocycles. The first kappa shape index (κ1) is 13.2. The Morgan fingerprint density at radius 3 is 2.82 bits per heavy atom. The Morgan fingerprint density at radius 2 is 2.09 bits per heavy atom. The molecule has 0 aliphatic carbocycles. The number of pyridine rings is 1. The molecule has 1 aliphatic rings. The number of allylic oxidation sites excluding steroid dienone is 1. The van der Waals surface area contributed by atoms with Gasteiger partial charge in [-0.3, -0.25) is 14.7 Å². The van der Waals surface area contributed by atoms with E-state index >= 15 is 0 Å². The summed E-state index contributed by atoms with van der Waals surface area (Å²) in [5.41, 5.74) is 2.58. The van der Waals surface area contributed by atoms with Crippen molar-refractivity contribution in [3.05, 3.63) is 65.4 Å². The Balaban J connectivity index is 1.81. The van der Waals surface area contributed by atoms with Crippen molar-refractivity contribution >= 4 is 33.1 Å². The summed E-state index contributed by atoms with van der Waals surface area (Å²) < 4.78 is 1.14. The summed E-state index contributed by atoms with van der Waals surface area (Å²) in [4.78, 5) is 23.0. The van der Waals surface area contributed by atoms with Gasteiger partial charge in [0, 0.05) is 11.8 Å². The molecule has 3 heterocycles. The second-order valence-electron chi connectivity index (χ2n) is 5.05. The highest BCUT2D eigenvalue weighted by molar-refractivity contribution is 7.18. The predicted molar refractivity (Wildman–Crippen MR) is 87.8 cm³/mol. The maximum Gasteiger partial charge on any atom is 0.257 e. The standard InChI is InChI=1S/C17H13N3OS/c1-2-12-15(16-19-13-7-3-4-8-14(13)22-16)20(17(12)21)11-6-5-9-18-10-11/h2-10,15H,1H3/b12-2+. The quantitative estimate of drug-likeness (QED) is 0.535. The number of hydrogen-bond donors (Lipinski definition) is 0. The summed E-state index contributed by atoms with van der Waals surface area (Å²) in [6, 6.07) is 11.7. The fraction of sp³-hybridized carbons (Fsp3) is 0.118. The highest BCUT2D eigenvalue weighted by Gasteiger charge is 2.45. The van der Waals surface area contributed by atoms with Gasteiger partial charge in [-0.1, -0.05) is 18.2 Å². The molecule has 0 radical (unpaired) electrons. The Kier molecular flexibility index (Phi) is 3.01. The van der Waals surface area contributed by atoms with Crippen molar-refractivity contribution in [2.24, 2.45) is 0 Å². The van der Waals surface area contributed by atoms with E-state index in [0.29, 0.717) is 0 Å². The summed E-state index contributed by atoms with van der Waals surface area (Å²) in [5, 5.41) is 0.942. The Morgan fingerprint density at radius 1 is 1.23 bits per heavy atom. The van der Waals surface area contributed by atoms with E-state index in [1.54, 1.807) is 28.6 Å². The molecule has 0 saturated carbocycles. The summed E-state index contributed by atoms with van der Waals surface area (Å²) in [7, 11) is 0. The van der Waals surface area contributed by atoms with Gasteiger partial charge >= 0.3 is 0 Å². The molecule has 1 saturated heterocycles. The molecule has 4 nitrogen and oxygen atoms in total. The lowest BCUT2D eigenvalue weighted by Gasteiger charge is -2.41. The highest BCUT2D eigenvalue weighted by atomic mass is 32.1. The van der Waals surface area contributed by atoms with Gasteiger partial charge in [-0.15, -0.1) is 11.3 Å². The van der Waals surface area contributed by atoms with Crippen LogP contribution in [0.25, 0.3) is 10.2 Å². The number of rotatable bonds is 2. The SMILES string of the molecule is C/C=C1/C(=O)N(c2cccnc2)C1c1nc2ccccc2s1. The van der Waals surface area contributed by atoms with Gasteiger partial charge in [0.15, 0.2) is 0 Å². The van der Waals surface area contributed by atoms with Gasteiger partial charge in [-0.05, 0) is 31.2 Å². The fourth-order valence-electron chi connectivity index (χ4n) is 2.74. The van der Waals surface area contributed by atoms with Gasteiger partial charge < -0.3 is 0 Å². The molecule has 3 aromatic rings. The van der Waals surface area contributed by atoms with Crippen LogP contribution in [0.5, 0.6) is 0 Å². The number of thiazole rings is 1. The van der Waals surface area contributed by atoms with E-state index in [2.05, 4.69) is 11.1 Å². The molecule has 1 unspecified atom stereocenters. The van der Waals surface area contributed by atoms with Crippen molar-refractivity contribution < 1.29 is 4.79 Å². The van der Waals surface area contributed by atoms with Gasteiger partial charge in [-0.2, -0.15) is 0 Å². The van der Waals surface area contributed by atoms with Gasteiger partial charge in [0.05, 0.1) is 22.1 Å². The van der Waals surface area contributed by atoms with Crippen LogP contribution in [-0.2, 0) is 4.79 Å². The van der Waals surface area contributed by atoms with Crippen LogP contribution in [0.4, 0.5) is 5.69 Å². The van der Waals surface area contributed by atoms with Crippen LogP contribution in [-0.4, -0.2) is 15.9 Å². The second kappa shape index (κ2) is 5.03. The smallest absolute Gasteiger partial charge is 0.257 e. The molecule has 4 rings (SSSR count). The normalized spacial score (nSPS) is 19.7. The maximum atomic E-state index is 12.4. The number of amides is 1. The first-order chi connectivity index (χ1) is 10.8. The lowest BCUT2D eigenvalue weighted by molar-refractivity contribution is -0.119. The van der Waals surface area contributed by atoms with Crippen LogP contribution in [0.15, 0.2) is 60.4 Å². The summed E-state index contributed by atoms with van der Waals surface area (Å²) in [5.74, 6) is 0.0276. The van der Waals surface area contributed by atoms with Crippen LogP contribution in [0.2, 0.25) is 0 Å². The monoisotopic (exact) mass is 307 g/mol. The molecule has 1 amide bonds. The number of nitrogens with zero attached hydrogens (tertiary/aromatic N) is 3. The van der Waals surface area contributed by atoms with E-state index in [4.69, 9.17) is 4.98 Å². The van der Waals surface area contributed by atoms with E-state index in [1.807, 2.05) is 43.3 Å². The van der Waals surface area contributed by atoms with Crippen molar-refractivity contribution in [3.63, 3.8) is 0 Å². The fourth-order valence-corrected chi connectivity index (χ4v) is 3.82. The zero-order valence-corrected chi connectivity index (χ0v) is 12.7. The number of carbonyl (C=O) groups is 1. The zero-order chi connectivity index (χ0) is 15.1. The summed E-state index contributed by atoms with van der Waals surface area (Å²) >= 11 is 1.63. The Hall–Kier alpha value is -2.53. The number of para-hydroxylation sites is 1. The first-order valence-electron chi connectivity index (χ1n) is 7.05. The number of hydrogen-bond acceptors (Lipinski definition) is 4. The van der Waals surface area contributed by atoms with Crippen molar-refractivity contribution in [1.82, 2.24) is 9.97 Å². The van der Waals surface area contributed by atoms with Crippen LogP contribution >= 0.6 is 11.3 Å². The number of aromatic nitrogens is 2. The van der Waals surface area contributed by atoms with Gasteiger partial charge in [0.2, 0.25) is 0 Å². The van der Waals surface area contributed by atoms with Gasteiger partial charge in [-0.25, -0.2) is 4.98 Å². The molecule has 22 heavy (non-hydrogen) atoms. The third-order valence-corrected chi connectivity index (χ3v) is 4.89. The third kappa shape index (κ3) is 1.86. The van der Waals surface area contributed by atoms with Crippen LogP contribution in [0.3, 0.4) is 0 Å². The lowest BCUT2D eigenvalue weighted by atomic mass is 9.94. The number of β-lactam (4-membered cyclic amide) rings is 1. The molecule has 1 atom stereocenters. The van der Waals surface area contributed by atoms with Gasteiger partial charge in [0.1, 0.15) is 11.0 Å². The van der Waals surface area contributed by atoms with Crippen molar-refractivity contribution in [1.29, 1.82) is 0 Å². The molecule has 0 spiro atoms. The Labute approximate surface area is 131 Å². The predicted octanol–water partition coefficient (Wildman–Crippen LogP) is 3.73. The molecule has 0 N–H and O–H groups in total. The van der Waals surface area contributed by atoms with Crippen LogP contribution in [0.1, 0.15) is 18.0 Å². The first-order valence-corrected chi connectivity index (χ1v) is 7.86. The summed E-state index contributed by atoms with van der Waals surface area (Å²) in [6.07, 6.45) is 5.30. The largest absolute Gasteiger partial charge is 0.293 e. The van der Waals surface area contributed by atoms with Gasteiger partial charge in [0.25, 0.3) is 5.91 Å².